The normalized spacial score (nSPS) is 11.7. The van der Waals surface area contributed by atoms with E-state index in [9.17, 15) is 19.1 Å². The van der Waals surface area contributed by atoms with Gasteiger partial charge >= 0.3 is 0 Å². The number of carbonyl (C=O) groups excluding carboxylic acids is 1. The average molecular weight is 509 g/mol. The number of aliphatic hydroxyl groups is 1. The third-order valence-corrected chi connectivity index (χ3v) is 7.19. The number of aromatic nitrogens is 1. The van der Waals surface area contributed by atoms with Crippen molar-refractivity contribution in [2.45, 2.75) is 40.2 Å². The molecule has 0 aliphatic carbocycles. The lowest BCUT2D eigenvalue weighted by atomic mass is 9.93. The lowest BCUT2D eigenvalue weighted by molar-refractivity contribution is 0.0786. The third kappa shape index (κ3) is 4.79. The maximum Gasteiger partial charge on any atom is 0.261 e. The fourth-order valence-electron chi connectivity index (χ4n) is 4.18. The number of thiophene rings is 1. The second-order valence-electron chi connectivity index (χ2n) is 9.41. The molecular weight excluding hydrogens is 479 g/mol. The van der Waals surface area contributed by atoms with E-state index in [2.05, 4.69) is 5.32 Å². The topological polar surface area (TPSA) is 80.6 Å². The van der Waals surface area contributed by atoms with E-state index in [0.717, 1.165) is 0 Å². The van der Waals surface area contributed by atoms with Crippen molar-refractivity contribution in [3.05, 3.63) is 80.3 Å². The molecule has 0 saturated carbocycles. The van der Waals surface area contributed by atoms with Gasteiger partial charge < -0.3 is 19.7 Å². The van der Waals surface area contributed by atoms with Crippen LogP contribution in [0.4, 0.5) is 4.39 Å². The predicted octanol–water partition coefficient (Wildman–Crippen LogP) is 5.79. The number of rotatable bonds is 6. The number of aryl methyl sites for hydroxylation is 3. The average Bonchev–Trinajstić information content (AvgIpc) is 3.24. The maximum atomic E-state index is 13.9. The summed E-state index contributed by atoms with van der Waals surface area (Å²) in [5.41, 5.74) is 1.92. The van der Waals surface area contributed by atoms with Crippen molar-refractivity contribution < 1.29 is 19.0 Å². The SMILES string of the molecule is CCNC(=O)c1cc2c(=O)n(C)cc(-c3cc(C(C)(C)O)ccc3Oc3c(C)cc(F)cc3C)c2s1. The molecule has 4 rings (SSSR count). The number of hydrogen-bond donors (Lipinski definition) is 2. The van der Waals surface area contributed by atoms with Gasteiger partial charge in [-0.25, -0.2) is 4.39 Å². The Morgan fingerprint density at radius 2 is 1.81 bits per heavy atom. The molecule has 4 aromatic rings. The molecule has 188 valence electrons. The molecule has 2 aromatic carbocycles. The molecule has 36 heavy (non-hydrogen) atoms. The Balaban J connectivity index is 2.00. The Morgan fingerprint density at radius 1 is 1.14 bits per heavy atom. The number of ether oxygens (including phenoxy) is 1. The largest absolute Gasteiger partial charge is 0.456 e. The van der Waals surface area contributed by atoms with Crippen LogP contribution in [0.2, 0.25) is 0 Å². The van der Waals surface area contributed by atoms with Gasteiger partial charge in [-0.2, -0.15) is 0 Å². The lowest BCUT2D eigenvalue weighted by Crippen LogP contribution is -2.21. The Bertz CT molecular complexity index is 1520. The quantitative estimate of drug-likeness (QED) is 0.345. The van der Waals surface area contributed by atoms with Crippen molar-refractivity contribution in [1.29, 1.82) is 0 Å². The molecule has 2 heterocycles. The first kappa shape index (κ1) is 25.6. The molecule has 1 amide bonds. The minimum atomic E-state index is -1.13. The van der Waals surface area contributed by atoms with Gasteiger partial charge in [-0.1, -0.05) is 6.07 Å². The molecule has 0 saturated heterocycles. The van der Waals surface area contributed by atoms with Crippen LogP contribution in [0.1, 0.15) is 47.1 Å². The zero-order chi connectivity index (χ0) is 26.4. The Hall–Kier alpha value is -3.49. The van der Waals surface area contributed by atoms with Crippen molar-refractivity contribution in [2.24, 2.45) is 7.05 Å². The maximum absolute atomic E-state index is 13.9. The van der Waals surface area contributed by atoms with Crippen LogP contribution in [-0.4, -0.2) is 22.1 Å². The summed E-state index contributed by atoms with van der Waals surface area (Å²) in [4.78, 5) is 25.9. The zero-order valence-electron chi connectivity index (χ0n) is 21.2. The molecule has 0 bridgehead atoms. The minimum Gasteiger partial charge on any atom is -0.456 e. The molecule has 8 heteroatoms. The first-order valence-electron chi connectivity index (χ1n) is 11.6. The summed E-state index contributed by atoms with van der Waals surface area (Å²) in [7, 11) is 1.66. The number of nitrogens with zero attached hydrogens (tertiary/aromatic N) is 1. The van der Waals surface area contributed by atoms with Gasteiger partial charge in [0.15, 0.2) is 0 Å². The second kappa shape index (κ2) is 9.52. The summed E-state index contributed by atoms with van der Waals surface area (Å²) in [5.74, 6) is 0.426. The van der Waals surface area contributed by atoms with E-state index >= 15 is 0 Å². The van der Waals surface area contributed by atoms with Crippen LogP contribution in [0.3, 0.4) is 0 Å². The van der Waals surface area contributed by atoms with Gasteiger partial charge in [-0.3, -0.25) is 9.59 Å². The number of pyridine rings is 1. The molecule has 0 radical (unpaired) electrons. The smallest absolute Gasteiger partial charge is 0.261 e. The van der Waals surface area contributed by atoms with E-state index in [-0.39, 0.29) is 17.3 Å². The zero-order valence-corrected chi connectivity index (χ0v) is 22.0. The summed E-state index contributed by atoms with van der Waals surface area (Å²) >= 11 is 1.23. The predicted molar refractivity (Wildman–Crippen MR) is 142 cm³/mol. The summed E-state index contributed by atoms with van der Waals surface area (Å²) < 4.78 is 22.4. The molecular formula is C28H29FN2O4S. The number of nitrogens with one attached hydrogen (secondary N) is 1. The van der Waals surface area contributed by atoms with Gasteiger partial charge in [0.1, 0.15) is 17.3 Å². The van der Waals surface area contributed by atoms with E-state index in [0.29, 0.717) is 60.8 Å². The first-order valence-corrected chi connectivity index (χ1v) is 12.5. The van der Waals surface area contributed by atoms with E-state index in [1.165, 1.54) is 28.0 Å². The van der Waals surface area contributed by atoms with Crippen LogP contribution in [0.25, 0.3) is 21.2 Å². The summed E-state index contributed by atoms with van der Waals surface area (Å²) in [6.45, 7) is 9.24. The third-order valence-electron chi connectivity index (χ3n) is 6.02. The number of amides is 1. The molecule has 0 aliphatic rings. The molecule has 0 atom stereocenters. The van der Waals surface area contributed by atoms with Gasteiger partial charge in [-0.05, 0) is 81.6 Å². The summed E-state index contributed by atoms with van der Waals surface area (Å²) in [6, 6.07) is 9.81. The van der Waals surface area contributed by atoms with Crippen molar-refractivity contribution in [3.63, 3.8) is 0 Å². The van der Waals surface area contributed by atoms with Gasteiger partial charge in [0.25, 0.3) is 11.5 Å². The second-order valence-corrected chi connectivity index (χ2v) is 10.5. The van der Waals surface area contributed by atoms with Crippen molar-refractivity contribution in [1.82, 2.24) is 9.88 Å². The van der Waals surface area contributed by atoms with Crippen molar-refractivity contribution >= 4 is 27.3 Å². The van der Waals surface area contributed by atoms with E-state index in [1.807, 2.05) is 13.0 Å². The number of fused-ring (bicyclic) bond motifs is 1. The Morgan fingerprint density at radius 3 is 2.42 bits per heavy atom. The number of hydrogen-bond acceptors (Lipinski definition) is 5. The summed E-state index contributed by atoms with van der Waals surface area (Å²) in [5, 5.41) is 13.9. The molecule has 6 nitrogen and oxygen atoms in total. The highest BCUT2D eigenvalue weighted by atomic mass is 32.1. The van der Waals surface area contributed by atoms with Crippen molar-refractivity contribution in [3.8, 4) is 22.6 Å². The van der Waals surface area contributed by atoms with Crippen LogP contribution in [-0.2, 0) is 12.6 Å². The van der Waals surface area contributed by atoms with Crippen LogP contribution in [0, 0.1) is 19.7 Å². The molecule has 2 N–H and O–H groups in total. The Labute approximate surface area is 213 Å². The fraction of sp³-hybridized carbons (Fsp3) is 0.286. The monoisotopic (exact) mass is 508 g/mol. The molecule has 2 aromatic heterocycles. The van der Waals surface area contributed by atoms with Crippen LogP contribution in [0.5, 0.6) is 11.5 Å². The summed E-state index contributed by atoms with van der Waals surface area (Å²) in [6.07, 6.45) is 1.71. The van der Waals surface area contributed by atoms with E-state index in [1.54, 1.807) is 59.1 Å². The molecule has 0 aliphatic heterocycles. The van der Waals surface area contributed by atoms with Gasteiger partial charge in [-0.15, -0.1) is 11.3 Å². The van der Waals surface area contributed by atoms with Crippen molar-refractivity contribution in [2.75, 3.05) is 6.54 Å². The number of carbonyl (C=O) groups is 1. The highest BCUT2D eigenvalue weighted by Crippen LogP contribution is 2.42. The molecule has 0 fully saturated rings. The standard InChI is InChI=1S/C28H29FN2O4S/c1-7-30-26(32)23-13-20-25(36-23)21(14-31(6)27(20)33)19-12-17(28(4,5)34)8-9-22(19)35-24-15(2)10-18(29)11-16(24)3/h8-14,34H,7H2,1-6H3,(H,30,32). The number of halogens is 1. The number of benzene rings is 2. The van der Waals surface area contributed by atoms with Crippen LogP contribution in [0.15, 0.2) is 47.4 Å². The van der Waals surface area contributed by atoms with Gasteiger partial charge in [0.05, 0.1) is 20.6 Å². The van der Waals surface area contributed by atoms with Gasteiger partial charge in [0, 0.05) is 30.9 Å². The molecule has 0 unspecified atom stereocenters. The highest BCUT2D eigenvalue weighted by molar-refractivity contribution is 7.21. The van der Waals surface area contributed by atoms with Crippen LogP contribution < -0.4 is 15.6 Å². The van der Waals surface area contributed by atoms with E-state index in [4.69, 9.17) is 4.74 Å². The van der Waals surface area contributed by atoms with Gasteiger partial charge in [0.2, 0.25) is 0 Å². The Kier molecular flexibility index (Phi) is 6.77. The van der Waals surface area contributed by atoms with E-state index < -0.39 is 5.60 Å². The highest BCUT2D eigenvalue weighted by Gasteiger charge is 2.23. The fourth-order valence-corrected chi connectivity index (χ4v) is 5.27. The first-order chi connectivity index (χ1) is 16.9. The van der Waals surface area contributed by atoms with Crippen LogP contribution >= 0.6 is 11.3 Å². The lowest BCUT2D eigenvalue weighted by Gasteiger charge is -2.22. The molecule has 0 spiro atoms. The minimum absolute atomic E-state index is 0.216.